The first-order valence-corrected chi connectivity index (χ1v) is 12.5. The summed E-state index contributed by atoms with van der Waals surface area (Å²) in [5, 5.41) is 14.7. The third-order valence-corrected chi connectivity index (χ3v) is 7.18. The van der Waals surface area contributed by atoms with E-state index in [2.05, 4.69) is 34.9 Å². The molecular weight excluding hydrogens is 444 g/mol. The SMILES string of the molecule is CC(CCC(=O)O)CNC(=O)C[C@@H]1CC[C@H](NC(=O)OCC2c3ccccc3-c3ccccc32)C1. The fraction of sp³-hybridized carbons (Fsp3) is 0.464. The third kappa shape index (κ3) is 6.41. The van der Waals surface area contributed by atoms with Crippen molar-refractivity contribution in [3.63, 3.8) is 0 Å². The molecule has 2 aliphatic carbocycles. The van der Waals surface area contributed by atoms with E-state index >= 15 is 0 Å². The minimum absolute atomic E-state index is 0.0120. The number of ether oxygens (including phenoxy) is 1. The maximum Gasteiger partial charge on any atom is 0.407 e. The Labute approximate surface area is 206 Å². The number of fused-ring (bicyclic) bond motifs is 3. The summed E-state index contributed by atoms with van der Waals surface area (Å²) < 4.78 is 5.65. The van der Waals surface area contributed by atoms with Gasteiger partial charge in [0.2, 0.25) is 5.91 Å². The Hall–Kier alpha value is -3.35. The normalized spacial score (nSPS) is 19.5. The van der Waals surface area contributed by atoms with E-state index in [9.17, 15) is 14.4 Å². The molecule has 0 aromatic heterocycles. The highest BCUT2D eigenvalue weighted by Crippen LogP contribution is 2.44. The van der Waals surface area contributed by atoms with Crippen LogP contribution in [0.2, 0.25) is 0 Å². The molecular formula is C28H34N2O5. The van der Waals surface area contributed by atoms with Crippen molar-refractivity contribution < 1.29 is 24.2 Å². The molecule has 0 bridgehead atoms. The molecule has 3 N–H and O–H groups in total. The molecule has 2 amide bonds. The average molecular weight is 479 g/mol. The van der Waals surface area contributed by atoms with E-state index in [0.717, 1.165) is 19.3 Å². The predicted molar refractivity (Wildman–Crippen MR) is 133 cm³/mol. The Kier molecular flexibility index (Phi) is 8.06. The number of aliphatic carboxylic acids is 1. The van der Waals surface area contributed by atoms with Gasteiger partial charge in [-0.15, -0.1) is 0 Å². The Morgan fingerprint density at radius 2 is 1.69 bits per heavy atom. The van der Waals surface area contributed by atoms with E-state index in [1.165, 1.54) is 22.3 Å². The molecule has 1 unspecified atom stereocenters. The lowest BCUT2D eigenvalue weighted by atomic mass is 9.98. The highest BCUT2D eigenvalue weighted by Gasteiger charge is 2.31. The van der Waals surface area contributed by atoms with Gasteiger partial charge in [0.25, 0.3) is 0 Å². The fourth-order valence-corrected chi connectivity index (χ4v) is 5.29. The maximum absolute atomic E-state index is 12.5. The standard InChI is InChI=1S/C28H34N2O5/c1-18(10-13-27(32)33)16-29-26(31)15-19-11-12-20(14-19)30-28(34)35-17-25-23-8-4-2-6-21(23)22-7-3-5-9-24(22)25/h2-9,18-20,25H,10-17H2,1H3,(H,29,31)(H,30,34)(H,32,33)/t18?,19-,20+/m1/s1. The van der Waals surface area contributed by atoms with Gasteiger partial charge >= 0.3 is 12.1 Å². The zero-order valence-electron chi connectivity index (χ0n) is 20.2. The minimum atomic E-state index is -0.816. The van der Waals surface area contributed by atoms with Crippen LogP contribution in [-0.2, 0) is 14.3 Å². The van der Waals surface area contributed by atoms with Gasteiger partial charge in [-0.25, -0.2) is 4.79 Å². The van der Waals surface area contributed by atoms with Gasteiger partial charge in [0.05, 0.1) is 0 Å². The molecule has 186 valence electrons. The first-order chi connectivity index (χ1) is 16.9. The van der Waals surface area contributed by atoms with Gasteiger partial charge < -0.3 is 20.5 Å². The molecule has 2 aliphatic rings. The summed E-state index contributed by atoms with van der Waals surface area (Å²) in [6.45, 7) is 2.71. The molecule has 35 heavy (non-hydrogen) atoms. The highest BCUT2D eigenvalue weighted by atomic mass is 16.5. The third-order valence-electron chi connectivity index (χ3n) is 7.18. The molecule has 0 radical (unpaired) electrons. The summed E-state index contributed by atoms with van der Waals surface area (Å²) in [4.78, 5) is 35.5. The van der Waals surface area contributed by atoms with Gasteiger partial charge in [-0.05, 0) is 59.8 Å². The van der Waals surface area contributed by atoms with Crippen molar-refractivity contribution >= 4 is 18.0 Å². The van der Waals surface area contributed by atoms with Crippen LogP contribution in [0.15, 0.2) is 48.5 Å². The van der Waals surface area contributed by atoms with E-state index in [0.29, 0.717) is 26.0 Å². The largest absolute Gasteiger partial charge is 0.481 e. The van der Waals surface area contributed by atoms with Gasteiger partial charge in [0.15, 0.2) is 0 Å². The number of hydrogen-bond donors (Lipinski definition) is 3. The molecule has 2 aromatic rings. The zero-order valence-corrected chi connectivity index (χ0v) is 20.2. The number of carbonyl (C=O) groups is 3. The van der Waals surface area contributed by atoms with Crippen LogP contribution in [0.3, 0.4) is 0 Å². The van der Waals surface area contributed by atoms with Crippen LogP contribution in [-0.4, -0.2) is 42.3 Å². The maximum atomic E-state index is 12.5. The first kappa shape index (κ1) is 24.8. The summed E-state index contributed by atoms with van der Waals surface area (Å²) in [5.74, 6) is -0.445. The van der Waals surface area contributed by atoms with Gasteiger partial charge in [-0.2, -0.15) is 0 Å². The first-order valence-electron chi connectivity index (χ1n) is 12.5. The number of carboxylic acid groups (broad SMARTS) is 1. The van der Waals surface area contributed by atoms with Crippen molar-refractivity contribution in [3.05, 3.63) is 59.7 Å². The van der Waals surface area contributed by atoms with E-state index in [4.69, 9.17) is 9.84 Å². The molecule has 3 atom stereocenters. The van der Waals surface area contributed by atoms with Crippen LogP contribution < -0.4 is 10.6 Å². The number of carbonyl (C=O) groups excluding carboxylic acids is 2. The van der Waals surface area contributed by atoms with Crippen LogP contribution in [0.4, 0.5) is 4.79 Å². The van der Waals surface area contributed by atoms with Crippen LogP contribution in [0.25, 0.3) is 11.1 Å². The quantitative estimate of drug-likeness (QED) is 0.459. The predicted octanol–water partition coefficient (Wildman–Crippen LogP) is 4.70. The molecule has 7 heteroatoms. The molecule has 2 aromatic carbocycles. The van der Waals surface area contributed by atoms with Gasteiger partial charge in [0, 0.05) is 31.3 Å². The van der Waals surface area contributed by atoms with E-state index < -0.39 is 12.1 Å². The molecule has 4 rings (SSSR count). The average Bonchev–Trinajstić information content (AvgIpc) is 3.41. The van der Waals surface area contributed by atoms with Crippen molar-refractivity contribution in [1.29, 1.82) is 0 Å². The minimum Gasteiger partial charge on any atom is -0.481 e. The van der Waals surface area contributed by atoms with Crippen LogP contribution >= 0.6 is 0 Å². The van der Waals surface area contributed by atoms with Crippen LogP contribution in [0, 0.1) is 11.8 Å². The van der Waals surface area contributed by atoms with E-state index in [1.54, 1.807) is 0 Å². The van der Waals surface area contributed by atoms with Gasteiger partial charge in [-0.3, -0.25) is 9.59 Å². The number of hydrogen-bond acceptors (Lipinski definition) is 4. The number of amides is 2. The molecule has 1 saturated carbocycles. The number of carboxylic acids is 1. The lowest BCUT2D eigenvalue weighted by Gasteiger charge is -2.17. The molecule has 7 nitrogen and oxygen atoms in total. The summed E-state index contributed by atoms with van der Waals surface area (Å²) in [6.07, 6.45) is 3.15. The van der Waals surface area contributed by atoms with Crippen molar-refractivity contribution in [2.45, 2.75) is 57.4 Å². The molecule has 0 spiro atoms. The van der Waals surface area contributed by atoms with Crippen molar-refractivity contribution in [2.75, 3.05) is 13.2 Å². The summed E-state index contributed by atoms with van der Waals surface area (Å²) >= 11 is 0. The van der Waals surface area contributed by atoms with Crippen molar-refractivity contribution in [1.82, 2.24) is 10.6 Å². The molecule has 1 fully saturated rings. The molecule has 0 heterocycles. The second kappa shape index (κ2) is 11.4. The van der Waals surface area contributed by atoms with E-state index in [-0.39, 0.29) is 36.1 Å². The Bertz CT molecular complexity index is 1020. The van der Waals surface area contributed by atoms with E-state index in [1.807, 2.05) is 31.2 Å². The van der Waals surface area contributed by atoms with Gasteiger partial charge in [0.1, 0.15) is 6.61 Å². The topological polar surface area (TPSA) is 105 Å². The summed E-state index contributed by atoms with van der Waals surface area (Å²) in [6, 6.07) is 16.5. The number of nitrogens with one attached hydrogen (secondary N) is 2. The lowest BCUT2D eigenvalue weighted by Crippen LogP contribution is -2.34. The van der Waals surface area contributed by atoms with Crippen LogP contribution in [0.5, 0.6) is 0 Å². The van der Waals surface area contributed by atoms with Crippen molar-refractivity contribution in [3.8, 4) is 11.1 Å². The van der Waals surface area contributed by atoms with Crippen LogP contribution in [0.1, 0.15) is 62.5 Å². The Morgan fingerprint density at radius 1 is 1.03 bits per heavy atom. The number of benzene rings is 2. The Morgan fingerprint density at radius 3 is 2.34 bits per heavy atom. The second-order valence-corrected chi connectivity index (χ2v) is 9.89. The van der Waals surface area contributed by atoms with Crippen molar-refractivity contribution in [2.24, 2.45) is 11.8 Å². The monoisotopic (exact) mass is 478 g/mol. The smallest absolute Gasteiger partial charge is 0.407 e. The van der Waals surface area contributed by atoms with Gasteiger partial charge in [-0.1, -0.05) is 55.5 Å². The summed E-state index contributed by atoms with van der Waals surface area (Å²) in [7, 11) is 0. The number of rotatable bonds is 10. The molecule has 0 saturated heterocycles. The number of alkyl carbamates (subject to hydrolysis) is 1. The summed E-state index contributed by atoms with van der Waals surface area (Å²) in [5.41, 5.74) is 4.77. The lowest BCUT2D eigenvalue weighted by molar-refractivity contribution is -0.137. The Balaban J connectivity index is 1.19. The zero-order chi connectivity index (χ0) is 24.8. The highest BCUT2D eigenvalue weighted by molar-refractivity contribution is 5.79. The second-order valence-electron chi connectivity index (χ2n) is 9.89. The molecule has 0 aliphatic heterocycles. The fourth-order valence-electron chi connectivity index (χ4n) is 5.29.